The van der Waals surface area contributed by atoms with E-state index < -0.39 is 5.41 Å². The summed E-state index contributed by atoms with van der Waals surface area (Å²) in [5, 5.41) is 7.76. The van der Waals surface area contributed by atoms with E-state index >= 15 is 0 Å². The van der Waals surface area contributed by atoms with Crippen molar-refractivity contribution in [1.29, 1.82) is 0 Å². The third-order valence-electron chi connectivity index (χ3n) is 4.48. The number of halogens is 2. The molecule has 0 atom stereocenters. The number of amides is 1. The highest BCUT2D eigenvalue weighted by molar-refractivity contribution is 6.30. The fourth-order valence-corrected chi connectivity index (χ4v) is 3.17. The van der Waals surface area contributed by atoms with Gasteiger partial charge in [-0.05, 0) is 37.1 Å². The van der Waals surface area contributed by atoms with Gasteiger partial charge in [-0.1, -0.05) is 35.9 Å². The van der Waals surface area contributed by atoms with Crippen molar-refractivity contribution >= 4 is 23.3 Å². The fraction of sp³-hybridized carbons (Fsp3) is 0.158. The Morgan fingerprint density at radius 3 is 2.68 bits per heavy atom. The number of anilines is 1. The number of hydrogen-bond acceptors (Lipinski definition) is 2. The molecule has 126 valence electrons. The van der Waals surface area contributed by atoms with Crippen LogP contribution in [0.25, 0.3) is 5.69 Å². The highest BCUT2D eigenvalue weighted by Gasteiger charge is 2.52. The average molecular weight is 356 g/mol. The van der Waals surface area contributed by atoms with Crippen molar-refractivity contribution in [2.75, 3.05) is 5.32 Å². The van der Waals surface area contributed by atoms with Crippen LogP contribution in [0.2, 0.25) is 5.02 Å². The van der Waals surface area contributed by atoms with Gasteiger partial charge in [0.25, 0.3) is 0 Å². The average Bonchev–Trinajstić information content (AvgIpc) is 3.28. The molecule has 1 aliphatic carbocycles. The van der Waals surface area contributed by atoms with E-state index in [0.29, 0.717) is 29.2 Å². The summed E-state index contributed by atoms with van der Waals surface area (Å²) in [6.07, 6.45) is 3.01. The first kappa shape index (κ1) is 15.8. The summed E-state index contributed by atoms with van der Waals surface area (Å²) in [6, 6.07) is 15.4. The first-order valence-electron chi connectivity index (χ1n) is 7.97. The maximum absolute atomic E-state index is 14.1. The standard InChI is InChI=1S/C19H15ClFN3O/c20-13-4-3-5-14(12-13)24-11-8-17(23-24)22-18(25)19(9-10-19)15-6-1-2-7-16(15)21/h1-8,11-12H,9-10H2,(H,22,23,25). The van der Waals surface area contributed by atoms with Gasteiger partial charge in [-0.2, -0.15) is 5.10 Å². The molecule has 4 nitrogen and oxygen atoms in total. The molecule has 1 heterocycles. The second kappa shape index (κ2) is 6.01. The molecule has 2 aromatic carbocycles. The highest BCUT2D eigenvalue weighted by Crippen LogP contribution is 2.49. The van der Waals surface area contributed by atoms with Crippen molar-refractivity contribution in [2.24, 2.45) is 0 Å². The number of benzene rings is 2. The van der Waals surface area contributed by atoms with Crippen LogP contribution in [0.1, 0.15) is 18.4 Å². The number of hydrogen-bond donors (Lipinski definition) is 1. The van der Waals surface area contributed by atoms with Gasteiger partial charge in [0, 0.05) is 22.8 Å². The molecule has 1 aromatic heterocycles. The topological polar surface area (TPSA) is 46.9 Å². The summed E-state index contributed by atoms with van der Waals surface area (Å²) in [4.78, 5) is 12.7. The van der Waals surface area contributed by atoms with Gasteiger partial charge in [-0.25, -0.2) is 9.07 Å². The largest absolute Gasteiger partial charge is 0.308 e. The van der Waals surface area contributed by atoms with Gasteiger partial charge in [0.2, 0.25) is 5.91 Å². The number of nitrogens with one attached hydrogen (secondary N) is 1. The normalized spacial score (nSPS) is 15.0. The monoisotopic (exact) mass is 355 g/mol. The molecule has 4 rings (SSSR count). The van der Waals surface area contributed by atoms with Crippen LogP contribution in [0.4, 0.5) is 10.2 Å². The molecule has 1 fully saturated rings. The maximum Gasteiger partial charge on any atom is 0.236 e. The lowest BCUT2D eigenvalue weighted by Crippen LogP contribution is -2.29. The number of nitrogens with zero attached hydrogens (tertiary/aromatic N) is 2. The van der Waals surface area contributed by atoms with E-state index in [1.165, 1.54) is 6.07 Å². The van der Waals surface area contributed by atoms with Gasteiger partial charge >= 0.3 is 0 Å². The van der Waals surface area contributed by atoms with Gasteiger partial charge in [0.1, 0.15) is 5.82 Å². The first-order valence-corrected chi connectivity index (χ1v) is 8.34. The Morgan fingerprint density at radius 2 is 1.96 bits per heavy atom. The molecule has 0 radical (unpaired) electrons. The van der Waals surface area contributed by atoms with Crippen LogP contribution in [-0.2, 0) is 10.2 Å². The van der Waals surface area contributed by atoms with Crippen molar-refractivity contribution in [3.63, 3.8) is 0 Å². The summed E-state index contributed by atoms with van der Waals surface area (Å²) < 4.78 is 15.7. The van der Waals surface area contributed by atoms with E-state index in [1.54, 1.807) is 47.3 Å². The summed E-state index contributed by atoms with van der Waals surface area (Å²) in [6.45, 7) is 0. The third kappa shape index (κ3) is 2.91. The first-order chi connectivity index (χ1) is 12.1. The number of carbonyl (C=O) groups excluding carboxylic acids is 1. The van der Waals surface area contributed by atoms with E-state index in [1.807, 2.05) is 12.1 Å². The maximum atomic E-state index is 14.1. The summed E-state index contributed by atoms with van der Waals surface area (Å²) >= 11 is 5.99. The van der Waals surface area contributed by atoms with Gasteiger partial charge < -0.3 is 5.32 Å². The quantitative estimate of drug-likeness (QED) is 0.757. The third-order valence-corrected chi connectivity index (χ3v) is 4.71. The molecule has 3 aromatic rings. The Bertz CT molecular complexity index is 949. The molecule has 25 heavy (non-hydrogen) atoms. The minimum atomic E-state index is -0.787. The molecule has 1 saturated carbocycles. The van der Waals surface area contributed by atoms with Gasteiger partial charge in [0.15, 0.2) is 5.82 Å². The molecule has 6 heteroatoms. The molecule has 1 N–H and O–H groups in total. The van der Waals surface area contributed by atoms with E-state index in [4.69, 9.17) is 11.6 Å². The predicted octanol–water partition coefficient (Wildman–Crippen LogP) is 4.34. The lowest BCUT2D eigenvalue weighted by Gasteiger charge is -2.15. The lowest BCUT2D eigenvalue weighted by molar-refractivity contribution is -0.118. The van der Waals surface area contributed by atoms with Crippen molar-refractivity contribution in [1.82, 2.24) is 9.78 Å². The molecule has 0 spiro atoms. The highest BCUT2D eigenvalue weighted by atomic mass is 35.5. The van der Waals surface area contributed by atoms with Crippen LogP contribution in [-0.4, -0.2) is 15.7 Å². The zero-order valence-electron chi connectivity index (χ0n) is 13.2. The molecule has 0 bridgehead atoms. The van der Waals surface area contributed by atoms with Crippen LogP contribution >= 0.6 is 11.6 Å². The molecule has 1 amide bonds. The van der Waals surface area contributed by atoms with Gasteiger partial charge in [0.05, 0.1) is 11.1 Å². The van der Waals surface area contributed by atoms with Gasteiger partial charge in [-0.15, -0.1) is 0 Å². The Kier molecular flexibility index (Phi) is 3.81. The smallest absolute Gasteiger partial charge is 0.236 e. The van der Waals surface area contributed by atoms with Crippen molar-refractivity contribution in [2.45, 2.75) is 18.3 Å². The summed E-state index contributed by atoms with van der Waals surface area (Å²) in [5.74, 6) is -0.152. The van der Waals surface area contributed by atoms with E-state index in [0.717, 1.165) is 5.69 Å². The Morgan fingerprint density at radius 1 is 1.16 bits per heavy atom. The second-order valence-corrected chi connectivity index (χ2v) is 6.58. The Hall–Kier alpha value is -2.66. The van der Waals surface area contributed by atoms with E-state index in [2.05, 4.69) is 10.4 Å². The van der Waals surface area contributed by atoms with Crippen molar-refractivity contribution in [3.8, 4) is 5.69 Å². The zero-order valence-corrected chi connectivity index (χ0v) is 14.0. The predicted molar refractivity (Wildman–Crippen MR) is 94.5 cm³/mol. The second-order valence-electron chi connectivity index (χ2n) is 6.14. The minimum Gasteiger partial charge on any atom is -0.308 e. The molecular weight excluding hydrogens is 341 g/mol. The van der Waals surface area contributed by atoms with E-state index in [9.17, 15) is 9.18 Å². The van der Waals surface area contributed by atoms with Gasteiger partial charge in [-0.3, -0.25) is 4.79 Å². The Labute approximate surface area is 149 Å². The molecule has 0 aliphatic heterocycles. The lowest BCUT2D eigenvalue weighted by atomic mass is 9.94. The van der Waals surface area contributed by atoms with Crippen molar-refractivity contribution < 1.29 is 9.18 Å². The fourth-order valence-electron chi connectivity index (χ4n) is 2.98. The molecule has 0 unspecified atom stereocenters. The van der Waals surface area contributed by atoms with Crippen molar-refractivity contribution in [3.05, 3.63) is 77.2 Å². The summed E-state index contributed by atoms with van der Waals surface area (Å²) in [5.41, 5.74) is 0.454. The molecule has 0 saturated heterocycles. The summed E-state index contributed by atoms with van der Waals surface area (Å²) in [7, 11) is 0. The zero-order chi connectivity index (χ0) is 17.4. The number of carbonyl (C=O) groups is 1. The molecule has 1 aliphatic rings. The van der Waals surface area contributed by atoms with E-state index in [-0.39, 0.29) is 11.7 Å². The van der Waals surface area contributed by atoms with Crippen LogP contribution in [0, 0.1) is 5.82 Å². The number of rotatable bonds is 4. The van der Waals surface area contributed by atoms with Crippen LogP contribution in [0.3, 0.4) is 0 Å². The Balaban J connectivity index is 1.55. The van der Waals surface area contributed by atoms with Crippen LogP contribution < -0.4 is 5.32 Å². The molecular formula is C19H15ClFN3O. The number of aromatic nitrogens is 2. The SMILES string of the molecule is O=C(Nc1ccn(-c2cccc(Cl)c2)n1)C1(c2ccccc2F)CC1. The van der Waals surface area contributed by atoms with Crippen LogP contribution in [0.5, 0.6) is 0 Å². The van der Waals surface area contributed by atoms with Crippen LogP contribution in [0.15, 0.2) is 60.8 Å². The minimum absolute atomic E-state index is 0.228.